The number of carbonyl (C=O) groups is 2. The first-order valence-corrected chi connectivity index (χ1v) is 11.4. The molecule has 0 spiro atoms. The van der Waals surface area contributed by atoms with Crippen LogP contribution in [0.1, 0.15) is 35.1 Å². The summed E-state index contributed by atoms with van der Waals surface area (Å²) in [5.41, 5.74) is 7.23. The number of halogens is 1. The molecule has 2 amide bonds. The first-order chi connectivity index (χ1) is 15.9. The van der Waals surface area contributed by atoms with Crippen molar-refractivity contribution in [3.05, 3.63) is 93.5 Å². The minimum Gasteiger partial charge on any atom is -0.489 e. The molecule has 0 atom stereocenters. The second-order valence-corrected chi connectivity index (χ2v) is 8.49. The fourth-order valence-corrected chi connectivity index (χ4v) is 3.22. The standard InChI is InChI=1S/C26H26BrN3O3/c1-18-4-3-5-24(19(18)2)29-25(31)14-15-26(32)30-28-16-20-8-12-23(13-9-20)33-17-21-6-10-22(27)11-7-21/h3-13,16H,14-15,17H2,1-2H3,(H,29,31)(H,30,32). The number of amides is 2. The zero-order valence-electron chi connectivity index (χ0n) is 18.6. The van der Waals surface area contributed by atoms with Crippen molar-refractivity contribution in [3.8, 4) is 5.75 Å². The Kier molecular flexibility index (Phi) is 8.78. The first-order valence-electron chi connectivity index (χ1n) is 10.6. The Labute approximate surface area is 202 Å². The highest BCUT2D eigenvalue weighted by Crippen LogP contribution is 2.18. The lowest BCUT2D eigenvalue weighted by Crippen LogP contribution is -2.21. The van der Waals surface area contributed by atoms with Crippen LogP contribution in [-0.4, -0.2) is 18.0 Å². The van der Waals surface area contributed by atoms with Crippen molar-refractivity contribution in [3.63, 3.8) is 0 Å². The maximum atomic E-state index is 12.1. The summed E-state index contributed by atoms with van der Waals surface area (Å²) in [6, 6.07) is 21.1. The van der Waals surface area contributed by atoms with E-state index in [-0.39, 0.29) is 24.7 Å². The molecule has 33 heavy (non-hydrogen) atoms. The maximum Gasteiger partial charge on any atom is 0.240 e. The number of hydrazone groups is 1. The fraction of sp³-hybridized carbons (Fsp3) is 0.192. The van der Waals surface area contributed by atoms with E-state index in [1.54, 1.807) is 6.21 Å². The van der Waals surface area contributed by atoms with Crippen molar-refractivity contribution in [2.75, 3.05) is 5.32 Å². The predicted octanol–water partition coefficient (Wildman–Crippen LogP) is 5.51. The van der Waals surface area contributed by atoms with Crippen LogP contribution in [0.4, 0.5) is 5.69 Å². The Morgan fingerprint density at radius 2 is 1.64 bits per heavy atom. The molecular weight excluding hydrogens is 482 g/mol. The largest absolute Gasteiger partial charge is 0.489 e. The summed E-state index contributed by atoms with van der Waals surface area (Å²) in [7, 11) is 0. The molecule has 0 bridgehead atoms. The molecule has 0 heterocycles. The average molecular weight is 508 g/mol. The van der Waals surface area contributed by atoms with Gasteiger partial charge in [0.05, 0.1) is 6.21 Å². The molecule has 0 aliphatic rings. The van der Waals surface area contributed by atoms with E-state index < -0.39 is 0 Å². The molecule has 0 fully saturated rings. The molecule has 170 valence electrons. The van der Waals surface area contributed by atoms with Crippen LogP contribution >= 0.6 is 15.9 Å². The second-order valence-electron chi connectivity index (χ2n) is 7.57. The number of rotatable bonds is 9. The minimum absolute atomic E-state index is 0.0525. The molecule has 3 rings (SSSR count). The minimum atomic E-state index is -0.322. The van der Waals surface area contributed by atoms with Crippen molar-refractivity contribution >= 4 is 39.6 Å². The Morgan fingerprint density at radius 3 is 2.36 bits per heavy atom. The zero-order valence-corrected chi connectivity index (χ0v) is 20.2. The summed E-state index contributed by atoms with van der Waals surface area (Å²) in [4.78, 5) is 24.1. The lowest BCUT2D eigenvalue weighted by molar-refractivity contribution is -0.124. The summed E-state index contributed by atoms with van der Waals surface area (Å²) in [6.45, 7) is 4.42. The highest BCUT2D eigenvalue weighted by molar-refractivity contribution is 9.10. The Balaban J connectivity index is 1.39. The van der Waals surface area contributed by atoms with E-state index in [1.165, 1.54) is 0 Å². The van der Waals surface area contributed by atoms with E-state index in [2.05, 4.69) is 31.8 Å². The van der Waals surface area contributed by atoms with E-state index >= 15 is 0 Å². The van der Waals surface area contributed by atoms with Crippen LogP contribution in [0, 0.1) is 13.8 Å². The highest BCUT2D eigenvalue weighted by Gasteiger charge is 2.08. The summed E-state index contributed by atoms with van der Waals surface area (Å²) < 4.78 is 6.80. The van der Waals surface area contributed by atoms with Gasteiger partial charge < -0.3 is 10.1 Å². The molecular formula is C26H26BrN3O3. The van der Waals surface area contributed by atoms with Crippen LogP contribution in [0.15, 0.2) is 76.3 Å². The van der Waals surface area contributed by atoms with E-state index in [1.807, 2.05) is 80.6 Å². The number of ether oxygens (including phenoxy) is 1. The van der Waals surface area contributed by atoms with Crippen molar-refractivity contribution in [2.24, 2.45) is 5.10 Å². The molecule has 0 radical (unpaired) electrons. The number of hydrogen-bond acceptors (Lipinski definition) is 4. The Morgan fingerprint density at radius 1 is 0.939 bits per heavy atom. The Hall–Kier alpha value is -3.45. The van der Waals surface area contributed by atoms with Gasteiger partial charge in [-0.2, -0.15) is 5.10 Å². The number of benzene rings is 3. The number of nitrogens with one attached hydrogen (secondary N) is 2. The van der Waals surface area contributed by atoms with Crippen LogP contribution in [0.3, 0.4) is 0 Å². The van der Waals surface area contributed by atoms with Gasteiger partial charge in [-0.1, -0.05) is 40.2 Å². The monoisotopic (exact) mass is 507 g/mol. The summed E-state index contributed by atoms with van der Waals surface area (Å²) in [5.74, 6) is 0.215. The SMILES string of the molecule is Cc1cccc(NC(=O)CCC(=O)NN=Cc2ccc(OCc3ccc(Br)cc3)cc2)c1C. The maximum absolute atomic E-state index is 12.1. The van der Waals surface area contributed by atoms with E-state index in [4.69, 9.17) is 4.74 Å². The van der Waals surface area contributed by atoms with Gasteiger partial charge in [-0.15, -0.1) is 0 Å². The van der Waals surface area contributed by atoms with Gasteiger partial charge in [-0.05, 0) is 78.6 Å². The third-order valence-corrected chi connectivity index (χ3v) is 5.59. The molecule has 0 unspecified atom stereocenters. The van der Waals surface area contributed by atoms with Gasteiger partial charge in [0.15, 0.2) is 0 Å². The van der Waals surface area contributed by atoms with Crippen LogP contribution in [0.25, 0.3) is 0 Å². The van der Waals surface area contributed by atoms with Gasteiger partial charge in [0.25, 0.3) is 0 Å². The molecule has 3 aromatic carbocycles. The summed E-state index contributed by atoms with van der Waals surface area (Å²) >= 11 is 3.41. The quantitative estimate of drug-likeness (QED) is 0.295. The third-order valence-electron chi connectivity index (χ3n) is 5.06. The van der Waals surface area contributed by atoms with E-state index in [0.717, 1.165) is 38.2 Å². The molecule has 7 heteroatoms. The highest BCUT2D eigenvalue weighted by atomic mass is 79.9. The second kappa shape index (κ2) is 12.0. The Bertz CT molecular complexity index is 1130. The van der Waals surface area contributed by atoms with Crippen LogP contribution in [-0.2, 0) is 16.2 Å². The normalized spacial score (nSPS) is 10.8. The van der Waals surface area contributed by atoms with Crippen molar-refractivity contribution in [1.29, 1.82) is 0 Å². The van der Waals surface area contributed by atoms with Crippen LogP contribution < -0.4 is 15.5 Å². The molecule has 0 saturated carbocycles. The molecule has 0 aromatic heterocycles. The summed E-state index contributed by atoms with van der Waals surface area (Å²) in [6.07, 6.45) is 1.68. The van der Waals surface area contributed by atoms with E-state index in [0.29, 0.717) is 6.61 Å². The summed E-state index contributed by atoms with van der Waals surface area (Å²) in [5, 5.41) is 6.80. The van der Waals surface area contributed by atoms with Crippen LogP contribution in [0.2, 0.25) is 0 Å². The molecule has 0 aliphatic heterocycles. The number of carbonyl (C=O) groups excluding carboxylic acids is 2. The molecule has 0 saturated heterocycles. The van der Waals surface area contributed by atoms with Crippen molar-refractivity contribution in [2.45, 2.75) is 33.3 Å². The van der Waals surface area contributed by atoms with Gasteiger partial charge in [0, 0.05) is 23.0 Å². The smallest absolute Gasteiger partial charge is 0.240 e. The molecule has 6 nitrogen and oxygen atoms in total. The van der Waals surface area contributed by atoms with E-state index in [9.17, 15) is 9.59 Å². The molecule has 3 aromatic rings. The van der Waals surface area contributed by atoms with Gasteiger partial charge >= 0.3 is 0 Å². The lowest BCUT2D eigenvalue weighted by Gasteiger charge is -2.10. The molecule has 2 N–H and O–H groups in total. The zero-order chi connectivity index (χ0) is 23.6. The van der Waals surface area contributed by atoms with Gasteiger partial charge in [-0.25, -0.2) is 5.43 Å². The third kappa shape index (κ3) is 7.88. The van der Waals surface area contributed by atoms with Gasteiger partial charge in [0.1, 0.15) is 12.4 Å². The number of anilines is 1. The van der Waals surface area contributed by atoms with Crippen molar-refractivity contribution < 1.29 is 14.3 Å². The number of hydrogen-bond donors (Lipinski definition) is 2. The average Bonchev–Trinajstić information content (AvgIpc) is 2.81. The number of nitrogens with zero attached hydrogens (tertiary/aromatic N) is 1. The fourth-order valence-electron chi connectivity index (χ4n) is 2.96. The van der Waals surface area contributed by atoms with Crippen LogP contribution in [0.5, 0.6) is 5.75 Å². The topological polar surface area (TPSA) is 79.8 Å². The lowest BCUT2D eigenvalue weighted by atomic mass is 10.1. The van der Waals surface area contributed by atoms with Gasteiger partial charge in [-0.3, -0.25) is 9.59 Å². The first kappa shape index (κ1) is 24.2. The number of aryl methyl sites for hydroxylation is 1. The van der Waals surface area contributed by atoms with Gasteiger partial charge in [0.2, 0.25) is 11.8 Å². The predicted molar refractivity (Wildman–Crippen MR) is 134 cm³/mol. The van der Waals surface area contributed by atoms with Crippen molar-refractivity contribution in [1.82, 2.24) is 5.43 Å². The molecule has 0 aliphatic carbocycles.